The van der Waals surface area contributed by atoms with Crippen molar-refractivity contribution in [3.63, 3.8) is 0 Å². The number of benzene rings is 1. The summed E-state index contributed by atoms with van der Waals surface area (Å²) in [7, 11) is 0. The molecule has 0 aliphatic heterocycles. The molecule has 5 heteroatoms. The third-order valence-corrected chi connectivity index (χ3v) is 3.15. The van der Waals surface area contributed by atoms with Crippen molar-refractivity contribution in [3.05, 3.63) is 52.7 Å². The number of carbonyl (C=O) groups is 1. The van der Waals surface area contributed by atoms with Gasteiger partial charge in [0.1, 0.15) is 0 Å². The number of fused-ring (bicyclic) bond motifs is 1. The summed E-state index contributed by atoms with van der Waals surface area (Å²) < 4.78 is 0. The fraction of sp³-hybridized carbons (Fsp3) is 0.0769. The summed E-state index contributed by atoms with van der Waals surface area (Å²) in [5.74, 6) is -0.283. The molecular formula is C13H10Cl2N2O. The van der Waals surface area contributed by atoms with Gasteiger partial charge in [-0.2, -0.15) is 0 Å². The smallest absolute Gasteiger partial charge is 0.254 e. The van der Waals surface area contributed by atoms with E-state index in [1.54, 1.807) is 24.3 Å². The third-order valence-electron chi connectivity index (χ3n) is 2.43. The monoisotopic (exact) mass is 280 g/mol. The molecule has 1 amide bonds. The molecule has 0 bridgehead atoms. The second-order valence-electron chi connectivity index (χ2n) is 3.62. The van der Waals surface area contributed by atoms with Crippen molar-refractivity contribution in [1.82, 2.24) is 10.3 Å². The number of carbonyl (C=O) groups excluding carboxylic acids is 1. The van der Waals surface area contributed by atoms with Crippen LogP contribution >= 0.6 is 23.2 Å². The van der Waals surface area contributed by atoms with Crippen molar-refractivity contribution in [2.75, 3.05) is 6.54 Å². The fourth-order valence-electron chi connectivity index (χ4n) is 1.57. The molecule has 2 rings (SSSR count). The Morgan fingerprint density at radius 3 is 2.94 bits per heavy atom. The lowest BCUT2D eigenvalue weighted by molar-refractivity contribution is 0.0958. The molecular weight excluding hydrogens is 271 g/mol. The Labute approximate surface area is 114 Å². The largest absolute Gasteiger partial charge is 0.348 e. The minimum Gasteiger partial charge on any atom is -0.348 e. The van der Waals surface area contributed by atoms with Crippen LogP contribution in [-0.2, 0) is 0 Å². The zero-order valence-electron chi connectivity index (χ0n) is 9.41. The molecule has 1 aromatic heterocycles. The molecule has 0 atom stereocenters. The number of pyridine rings is 1. The first-order valence-corrected chi connectivity index (χ1v) is 6.02. The standard InChI is InChI=1S/C13H10Cl2N2O/c1-2-6-16-13(18)9-7-17-12-8(11(9)15)4-3-5-10(12)14/h2-5,7H,1,6H2,(H,16,18). The fourth-order valence-corrected chi connectivity index (χ4v) is 2.08. The van der Waals surface area contributed by atoms with Gasteiger partial charge in [-0.1, -0.05) is 41.4 Å². The SMILES string of the molecule is C=CCNC(=O)c1cnc2c(Cl)cccc2c1Cl. The van der Waals surface area contributed by atoms with E-state index in [2.05, 4.69) is 16.9 Å². The average molecular weight is 281 g/mol. The van der Waals surface area contributed by atoms with E-state index in [9.17, 15) is 4.79 Å². The highest BCUT2D eigenvalue weighted by molar-refractivity contribution is 6.41. The summed E-state index contributed by atoms with van der Waals surface area (Å²) >= 11 is 12.2. The lowest BCUT2D eigenvalue weighted by atomic mass is 10.1. The van der Waals surface area contributed by atoms with Gasteiger partial charge in [0.25, 0.3) is 5.91 Å². The van der Waals surface area contributed by atoms with Gasteiger partial charge in [0.15, 0.2) is 0 Å². The van der Waals surface area contributed by atoms with Gasteiger partial charge in [-0.15, -0.1) is 6.58 Å². The Morgan fingerprint density at radius 1 is 1.44 bits per heavy atom. The molecule has 0 saturated carbocycles. The summed E-state index contributed by atoms with van der Waals surface area (Å²) in [5, 5.41) is 4.17. The van der Waals surface area contributed by atoms with E-state index in [4.69, 9.17) is 23.2 Å². The highest BCUT2D eigenvalue weighted by Crippen LogP contribution is 2.29. The maximum atomic E-state index is 11.8. The number of nitrogens with one attached hydrogen (secondary N) is 1. The van der Waals surface area contributed by atoms with Crippen molar-refractivity contribution in [2.45, 2.75) is 0 Å². The molecule has 18 heavy (non-hydrogen) atoms. The predicted octanol–water partition coefficient (Wildman–Crippen LogP) is 3.46. The average Bonchev–Trinajstić information content (AvgIpc) is 2.37. The first kappa shape index (κ1) is 12.9. The Kier molecular flexibility index (Phi) is 3.84. The zero-order valence-corrected chi connectivity index (χ0v) is 10.9. The second-order valence-corrected chi connectivity index (χ2v) is 4.41. The number of nitrogens with zero attached hydrogens (tertiary/aromatic N) is 1. The Bertz CT molecular complexity index is 626. The van der Waals surface area contributed by atoms with Crippen LogP contribution in [0.3, 0.4) is 0 Å². The topological polar surface area (TPSA) is 42.0 Å². The van der Waals surface area contributed by atoms with Crippen molar-refractivity contribution in [2.24, 2.45) is 0 Å². The third kappa shape index (κ3) is 2.33. The lowest BCUT2D eigenvalue weighted by Crippen LogP contribution is -2.23. The van der Waals surface area contributed by atoms with Crippen molar-refractivity contribution in [1.29, 1.82) is 0 Å². The molecule has 0 unspecified atom stereocenters. The van der Waals surface area contributed by atoms with E-state index >= 15 is 0 Å². The van der Waals surface area contributed by atoms with Gasteiger partial charge in [0.05, 0.1) is 21.1 Å². The van der Waals surface area contributed by atoms with Crippen molar-refractivity contribution < 1.29 is 4.79 Å². The molecule has 3 nitrogen and oxygen atoms in total. The minimum atomic E-state index is -0.283. The van der Waals surface area contributed by atoms with E-state index in [0.717, 1.165) is 0 Å². The molecule has 1 N–H and O–H groups in total. The number of rotatable bonds is 3. The molecule has 2 aromatic rings. The summed E-state index contributed by atoms with van der Waals surface area (Å²) in [5.41, 5.74) is 0.915. The van der Waals surface area contributed by atoms with Gasteiger partial charge in [0, 0.05) is 18.1 Å². The number of aromatic nitrogens is 1. The Balaban J connectivity index is 2.51. The van der Waals surface area contributed by atoms with Gasteiger partial charge >= 0.3 is 0 Å². The van der Waals surface area contributed by atoms with E-state index in [1.807, 2.05) is 0 Å². The quantitative estimate of drug-likeness (QED) is 0.875. The van der Waals surface area contributed by atoms with Gasteiger partial charge in [-0.05, 0) is 6.07 Å². The van der Waals surface area contributed by atoms with E-state index in [0.29, 0.717) is 33.1 Å². The van der Waals surface area contributed by atoms with Crippen LogP contribution in [0.2, 0.25) is 10.0 Å². The van der Waals surface area contributed by atoms with Crippen LogP contribution in [0.1, 0.15) is 10.4 Å². The summed E-state index contributed by atoms with van der Waals surface area (Å²) in [4.78, 5) is 16.0. The van der Waals surface area contributed by atoms with Crippen LogP contribution in [0.25, 0.3) is 10.9 Å². The van der Waals surface area contributed by atoms with Crippen LogP contribution in [0.5, 0.6) is 0 Å². The molecule has 0 fully saturated rings. The number of para-hydroxylation sites is 1. The zero-order chi connectivity index (χ0) is 13.1. The van der Waals surface area contributed by atoms with Crippen LogP contribution in [0, 0.1) is 0 Å². The summed E-state index contributed by atoms with van der Waals surface area (Å²) in [6.07, 6.45) is 3.02. The van der Waals surface area contributed by atoms with Crippen molar-refractivity contribution >= 4 is 40.0 Å². The van der Waals surface area contributed by atoms with Crippen LogP contribution in [-0.4, -0.2) is 17.4 Å². The molecule has 92 valence electrons. The van der Waals surface area contributed by atoms with Crippen molar-refractivity contribution in [3.8, 4) is 0 Å². The molecule has 0 saturated heterocycles. The van der Waals surface area contributed by atoms with E-state index < -0.39 is 0 Å². The lowest BCUT2D eigenvalue weighted by Gasteiger charge is -2.07. The van der Waals surface area contributed by atoms with Gasteiger partial charge in [0.2, 0.25) is 0 Å². The van der Waals surface area contributed by atoms with Gasteiger partial charge in [-0.25, -0.2) is 0 Å². The molecule has 0 aliphatic rings. The highest BCUT2D eigenvalue weighted by atomic mass is 35.5. The molecule has 0 aliphatic carbocycles. The number of amides is 1. The number of hydrogen-bond acceptors (Lipinski definition) is 2. The predicted molar refractivity (Wildman–Crippen MR) is 74.3 cm³/mol. The van der Waals surface area contributed by atoms with E-state index in [-0.39, 0.29) is 5.91 Å². The van der Waals surface area contributed by atoms with Gasteiger partial charge < -0.3 is 5.32 Å². The molecule has 1 heterocycles. The van der Waals surface area contributed by atoms with Crippen LogP contribution < -0.4 is 5.32 Å². The maximum Gasteiger partial charge on any atom is 0.254 e. The summed E-state index contributed by atoms with van der Waals surface area (Å²) in [6.45, 7) is 3.91. The van der Waals surface area contributed by atoms with Gasteiger partial charge in [-0.3, -0.25) is 9.78 Å². The Hall–Kier alpha value is -1.58. The Morgan fingerprint density at radius 2 is 2.22 bits per heavy atom. The van der Waals surface area contributed by atoms with E-state index in [1.165, 1.54) is 6.20 Å². The second kappa shape index (κ2) is 5.38. The maximum absolute atomic E-state index is 11.8. The molecule has 0 radical (unpaired) electrons. The highest BCUT2D eigenvalue weighted by Gasteiger charge is 2.14. The normalized spacial score (nSPS) is 10.3. The molecule has 0 spiro atoms. The first-order chi connectivity index (χ1) is 8.65. The van der Waals surface area contributed by atoms with Crippen LogP contribution in [0.15, 0.2) is 37.1 Å². The summed E-state index contributed by atoms with van der Waals surface area (Å²) in [6, 6.07) is 5.27. The number of halogens is 2. The first-order valence-electron chi connectivity index (χ1n) is 5.27. The minimum absolute atomic E-state index is 0.283. The molecule has 1 aromatic carbocycles. The van der Waals surface area contributed by atoms with Crippen LogP contribution in [0.4, 0.5) is 0 Å². The number of hydrogen-bond donors (Lipinski definition) is 1.